The van der Waals surface area contributed by atoms with Gasteiger partial charge in [0.15, 0.2) is 0 Å². The summed E-state index contributed by atoms with van der Waals surface area (Å²) in [5.74, 6) is -0.891. The van der Waals surface area contributed by atoms with Crippen molar-refractivity contribution < 1.29 is 13.2 Å². The fourth-order valence-electron chi connectivity index (χ4n) is 1.60. The molecule has 2 N–H and O–H groups in total. The Hall–Kier alpha value is -1.61. The highest BCUT2D eigenvalue weighted by Gasteiger charge is 2.30. The molecule has 2 aromatic rings. The molecule has 0 atom stereocenters. The lowest BCUT2D eigenvalue weighted by Crippen LogP contribution is -2.26. The third-order valence-electron chi connectivity index (χ3n) is 2.70. The molecule has 128 valence electrons. The highest BCUT2D eigenvalue weighted by atomic mass is 35.6. The zero-order valence-electron chi connectivity index (χ0n) is 12.1. The molecule has 2 rings (SSSR count). The molecule has 24 heavy (non-hydrogen) atoms. The van der Waals surface area contributed by atoms with Crippen molar-refractivity contribution in [2.24, 2.45) is 0 Å². The highest BCUT2D eigenvalue weighted by Crippen LogP contribution is 2.28. The van der Waals surface area contributed by atoms with Crippen LogP contribution in [0.25, 0.3) is 0 Å². The summed E-state index contributed by atoms with van der Waals surface area (Å²) in [6, 6.07) is 6.93. The largest absolute Gasteiger partial charge is 0.322 e. The molecule has 0 aliphatic carbocycles. The molecule has 0 saturated heterocycles. The molecular weight excluding hydrogens is 399 g/mol. The van der Waals surface area contributed by atoms with Gasteiger partial charge in [0.25, 0.3) is 19.7 Å². The second kappa shape index (κ2) is 7.10. The van der Waals surface area contributed by atoms with Crippen molar-refractivity contribution in [2.45, 2.75) is 15.6 Å². The number of anilines is 2. The van der Waals surface area contributed by atoms with E-state index in [1.54, 1.807) is 13.0 Å². The van der Waals surface area contributed by atoms with Crippen LogP contribution >= 0.6 is 34.8 Å². The van der Waals surface area contributed by atoms with Gasteiger partial charge in [-0.05, 0) is 37.3 Å². The Bertz CT molecular complexity index is 852. The molecule has 11 heteroatoms. The van der Waals surface area contributed by atoms with Crippen molar-refractivity contribution in [3.8, 4) is 0 Å². The molecule has 0 bridgehead atoms. The van der Waals surface area contributed by atoms with Crippen LogP contribution in [0, 0.1) is 6.92 Å². The van der Waals surface area contributed by atoms with Crippen molar-refractivity contribution in [1.82, 2.24) is 9.97 Å². The standard InChI is InChI=1S/C13H11Cl3N4O3S/c1-8-6-7-17-12(18-8)20-24(22,23)10-4-2-9(3-5-10)19-11(21)13(14,15)16/h2-7H,1H3,(H,19,21)(H,17,18,20). The summed E-state index contributed by atoms with van der Waals surface area (Å²) in [7, 11) is -3.87. The van der Waals surface area contributed by atoms with Crippen LogP contribution in [0.15, 0.2) is 41.4 Å². The Morgan fingerprint density at radius 2 is 1.75 bits per heavy atom. The van der Waals surface area contributed by atoms with E-state index in [4.69, 9.17) is 34.8 Å². The number of amides is 1. The number of nitrogens with one attached hydrogen (secondary N) is 2. The average molecular weight is 410 g/mol. The smallest absolute Gasteiger partial charge is 0.276 e. The van der Waals surface area contributed by atoms with Crippen LogP contribution < -0.4 is 10.0 Å². The van der Waals surface area contributed by atoms with Crippen LogP contribution in [0.4, 0.5) is 11.6 Å². The van der Waals surface area contributed by atoms with Crippen molar-refractivity contribution in [3.63, 3.8) is 0 Å². The Morgan fingerprint density at radius 1 is 1.12 bits per heavy atom. The molecule has 0 unspecified atom stereocenters. The van der Waals surface area contributed by atoms with Gasteiger partial charge in [0.05, 0.1) is 4.90 Å². The summed E-state index contributed by atoms with van der Waals surface area (Å²) in [6.45, 7) is 1.71. The minimum atomic E-state index is -3.87. The first-order chi connectivity index (χ1) is 11.1. The molecular formula is C13H11Cl3N4O3S. The molecule has 7 nitrogen and oxygen atoms in total. The predicted octanol–water partition coefficient (Wildman–Crippen LogP) is 2.89. The maximum absolute atomic E-state index is 12.3. The summed E-state index contributed by atoms with van der Waals surface area (Å²) >= 11 is 16.3. The number of sulfonamides is 1. The van der Waals surface area contributed by atoms with E-state index in [9.17, 15) is 13.2 Å². The second-order valence-corrected chi connectivity index (χ2v) is 8.57. The number of halogens is 3. The number of rotatable bonds is 4. The summed E-state index contributed by atoms with van der Waals surface area (Å²) in [4.78, 5) is 19.3. The molecule has 0 saturated carbocycles. The maximum Gasteiger partial charge on any atom is 0.276 e. The number of aromatic nitrogens is 2. The van der Waals surface area contributed by atoms with E-state index in [0.717, 1.165) is 0 Å². The first-order valence-electron chi connectivity index (χ1n) is 6.39. The number of nitrogens with zero attached hydrogens (tertiary/aromatic N) is 2. The Labute approximate surface area is 153 Å². The lowest BCUT2D eigenvalue weighted by atomic mass is 10.3. The molecule has 0 spiro atoms. The van der Waals surface area contributed by atoms with Crippen molar-refractivity contribution in [3.05, 3.63) is 42.2 Å². The molecule has 1 heterocycles. The first-order valence-corrected chi connectivity index (χ1v) is 9.00. The third-order valence-corrected chi connectivity index (χ3v) is 4.56. The van der Waals surface area contributed by atoms with Crippen LogP contribution in [0.3, 0.4) is 0 Å². The van der Waals surface area contributed by atoms with Gasteiger partial charge in [0, 0.05) is 17.6 Å². The molecule has 0 radical (unpaired) electrons. The van der Waals surface area contributed by atoms with Gasteiger partial charge in [-0.25, -0.2) is 23.1 Å². The fourth-order valence-corrected chi connectivity index (χ4v) is 2.69. The minimum Gasteiger partial charge on any atom is -0.322 e. The van der Waals surface area contributed by atoms with Crippen molar-refractivity contribution >= 4 is 62.4 Å². The first kappa shape index (κ1) is 18.7. The SMILES string of the molecule is Cc1ccnc(NS(=O)(=O)c2ccc(NC(=O)C(Cl)(Cl)Cl)cc2)n1. The highest BCUT2D eigenvalue weighted by molar-refractivity contribution is 7.92. The van der Waals surface area contributed by atoms with E-state index in [-0.39, 0.29) is 16.5 Å². The lowest BCUT2D eigenvalue weighted by molar-refractivity contribution is -0.115. The molecule has 1 aromatic carbocycles. The van der Waals surface area contributed by atoms with E-state index in [1.807, 2.05) is 0 Å². The maximum atomic E-state index is 12.3. The van der Waals surface area contributed by atoms with E-state index in [2.05, 4.69) is 20.0 Å². The number of alkyl halides is 3. The van der Waals surface area contributed by atoms with Gasteiger partial charge >= 0.3 is 0 Å². The number of hydrogen-bond acceptors (Lipinski definition) is 5. The Kier molecular flexibility index (Phi) is 5.54. The number of carbonyl (C=O) groups excluding carboxylic acids is 1. The van der Waals surface area contributed by atoms with Gasteiger partial charge in [0.2, 0.25) is 5.95 Å². The summed E-state index contributed by atoms with van der Waals surface area (Å²) in [5, 5.41) is 2.34. The van der Waals surface area contributed by atoms with Gasteiger partial charge in [0.1, 0.15) is 0 Å². The van der Waals surface area contributed by atoms with Crippen molar-refractivity contribution in [1.29, 1.82) is 0 Å². The van der Waals surface area contributed by atoms with E-state index >= 15 is 0 Å². The molecule has 0 aliphatic rings. The summed E-state index contributed by atoms with van der Waals surface area (Å²) < 4.78 is 24.7. The quantitative estimate of drug-likeness (QED) is 0.756. The molecule has 1 aromatic heterocycles. The van der Waals surface area contributed by atoms with E-state index < -0.39 is 19.7 Å². The topological polar surface area (TPSA) is 101 Å². The lowest BCUT2D eigenvalue weighted by Gasteiger charge is -2.12. The van der Waals surface area contributed by atoms with Gasteiger partial charge in [-0.2, -0.15) is 0 Å². The van der Waals surface area contributed by atoms with Crippen molar-refractivity contribution in [2.75, 3.05) is 10.0 Å². The van der Waals surface area contributed by atoms with Gasteiger partial charge in [-0.15, -0.1) is 0 Å². The minimum absolute atomic E-state index is 0.0383. The molecule has 0 fully saturated rings. The Morgan fingerprint density at radius 3 is 2.29 bits per heavy atom. The fraction of sp³-hybridized carbons (Fsp3) is 0.154. The van der Waals surface area contributed by atoms with E-state index in [1.165, 1.54) is 30.5 Å². The third kappa shape index (κ3) is 4.94. The van der Waals surface area contributed by atoms with Crippen LogP contribution in [-0.4, -0.2) is 28.1 Å². The molecule has 0 aliphatic heterocycles. The van der Waals surface area contributed by atoms with E-state index in [0.29, 0.717) is 5.69 Å². The average Bonchev–Trinajstić information content (AvgIpc) is 2.46. The number of benzene rings is 1. The molecule has 1 amide bonds. The van der Waals surface area contributed by atoms with Gasteiger partial charge in [-0.1, -0.05) is 34.8 Å². The second-order valence-electron chi connectivity index (χ2n) is 4.60. The van der Waals surface area contributed by atoms with Gasteiger partial charge < -0.3 is 5.32 Å². The Balaban J connectivity index is 2.16. The van der Waals surface area contributed by atoms with Crippen LogP contribution in [0.1, 0.15) is 5.69 Å². The van der Waals surface area contributed by atoms with Crippen LogP contribution in [0.5, 0.6) is 0 Å². The monoisotopic (exact) mass is 408 g/mol. The zero-order valence-corrected chi connectivity index (χ0v) is 15.2. The number of hydrogen-bond donors (Lipinski definition) is 2. The van der Waals surface area contributed by atoms with Crippen LogP contribution in [-0.2, 0) is 14.8 Å². The number of aryl methyl sites for hydroxylation is 1. The number of carbonyl (C=O) groups is 1. The summed E-state index contributed by atoms with van der Waals surface area (Å²) in [6.07, 6.45) is 1.44. The zero-order chi connectivity index (χ0) is 18.0. The summed E-state index contributed by atoms with van der Waals surface area (Å²) in [5.41, 5.74) is 0.893. The van der Waals surface area contributed by atoms with Crippen LogP contribution in [0.2, 0.25) is 0 Å². The normalized spacial score (nSPS) is 11.8. The van der Waals surface area contributed by atoms with Gasteiger partial charge in [-0.3, -0.25) is 4.79 Å². The predicted molar refractivity (Wildman–Crippen MR) is 92.9 cm³/mol.